The summed E-state index contributed by atoms with van der Waals surface area (Å²) in [4.78, 5) is 4.51. The molecule has 0 radical (unpaired) electrons. The standard InChI is InChI=1S/C23H24N2O4S/c1-15-11-16(2)23(17(3)12-15)25-30(27,28)20-8-6-19(7-9-20)24-14-18-5-10-21(26)22(13-18)29-4/h5-14,25-26H,1-4H3. The van der Waals surface area contributed by atoms with Crippen LogP contribution >= 0.6 is 0 Å². The number of aliphatic imine (C=N–C) groups is 1. The van der Waals surface area contributed by atoms with E-state index in [2.05, 4.69) is 9.71 Å². The second kappa shape index (κ2) is 8.59. The Labute approximate surface area is 176 Å². The number of hydrogen-bond acceptors (Lipinski definition) is 5. The van der Waals surface area contributed by atoms with E-state index in [1.807, 2.05) is 32.9 Å². The molecule has 156 valence electrons. The number of rotatable bonds is 6. The number of ether oxygens (including phenoxy) is 1. The van der Waals surface area contributed by atoms with Gasteiger partial charge in [-0.1, -0.05) is 17.7 Å². The Morgan fingerprint density at radius 1 is 0.967 bits per heavy atom. The first-order chi connectivity index (χ1) is 14.2. The first-order valence-corrected chi connectivity index (χ1v) is 10.8. The van der Waals surface area contributed by atoms with E-state index in [9.17, 15) is 13.5 Å². The molecule has 0 fully saturated rings. The average Bonchev–Trinajstić information content (AvgIpc) is 2.70. The molecule has 3 aromatic carbocycles. The van der Waals surface area contributed by atoms with Crippen LogP contribution in [0.2, 0.25) is 0 Å². The van der Waals surface area contributed by atoms with Gasteiger partial charge in [0.25, 0.3) is 10.0 Å². The van der Waals surface area contributed by atoms with Crippen molar-refractivity contribution in [2.75, 3.05) is 11.8 Å². The van der Waals surface area contributed by atoms with E-state index in [4.69, 9.17) is 4.74 Å². The van der Waals surface area contributed by atoms with Crippen molar-refractivity contribution in [3.8, 4) is 11.5 Å². The van der Waals surface area contributed by atoms with E-state index in [0.29, 0.717) is 17.1 Å². The van der Waals surface area contributed by atoms with Crippen molar-refractivity contribution in [2.45, 2.75) is 25.7 Å². The summed E-state index contributed by atoms with van der Waals surface area (Å²) in [6.07, 6.45) is 1.61. The van der Waals surface area contributed by atoms with Gasteiger partial charge in [-0.3, -0.25) is 9.71 Å². The highest BCUT2D eigenvalue weighted by molar-refractivity contribution is 7.92. The number of nitrogens with zero attached hydrogens (tertiary/aromatic N) is 1. The molecule has 0 heterocycles. The van der Waals surface area contributed by atoms with Crippen molar-refractivity contribution in [3.05, 3.63) is 76.9 Å². The third kappa shape index (κ3) is 4.80. The smallest absolute Gasteiger partial charge is 0.261 e. The minimum Gasteiger partial charge on any atom is -0.504 e. The fourth-order valence-corrected chi connectivity index (χ4v) is 4.37. The third-order valence-corrected chi connectivity index (χ3v) is 5.99. The number of methoxy groups -OCH3 is 1. The van der Waals surface area contributed by atoms with Crippen LogP contribution in [0, 0.1) is 20.8 Å². The van der Waals surface area contributed by atoms with Crippen molar-refractivity contribution in [1.82, 2.24) is 0 Å². The van der Waals surface area contributed by atoms with Crippen LogP contribution < -0.4 is 9.46 Å². The lowest BCUT2D eigenvalue weighted by atomic mass is 10.1. The van der Waals surface area contributed by atoms with Crippen LogP contribution in [0.4, 0.5) is 11.4 Å². The van der Waals surface area contributed by atoms with Gasteiger partial charge in [0.2, 0.25) is 0 Å². The topological polar surface area (TPSA) is 88.0 Å². The number of sulfonamides is 1. The zero-order valence-electron chi connectivity index (χ0n) is 17.3. The second-order valence-electron chi connectivity index (χ2n) is 7.06. The second-order valence-corrected chi connectivity index (χ2v) is 8.75. The SMILES string of the molecule is COc1cc(C=Nc2ccc(S(=O)(=O)Nc3c(C)cc(C)cc3C)cc2)ccc1O. The van der Waals surface area contributed by atoms with Gasteiger partial charge in [-0.25, -0.2) is 8.42 Å². The molecule has 0 saturated carbocycles. The molecule has 0 amide bonds. The lowest BCUT2D eigenvalue weighted by molar-refractivity contribution is 0.373. The predicted molar refractivity (Wildman–Crippen MR) is 120 cm³/mol. The fourth-order valence-electron chi connectivity index (χ4n) is 3.17. The number of phenols is 1. The number of nitrogens with one attached hydrogen (secondary N) is 1. The molecule has 0 saturated heterocycles. The first kappa shape index (κ1) is 21.4. The largest absolute Gasteiger partial charge is 0.504 e. The van der Waals surface area contributed by atoms with Crippen LogP contribution in [0.15, 0.2) is 64.5 Å². The molecule has 0 aromatic heterocycles. The summed E-state index contributed by atoms with van der Waals surface area (Å²) in [7, 11) is -2.24. The van der Waals surface area contributed by atoms with E-state index in [-0.39, 0.29) is 10.6 Å². The van der Waals surface area contributed by atoms with Gasteiger partial charge in [0.1, 0.15) is 0 Å². The summed E-state index contributed by atoms with van der Waals surface area (Å²) in [6.45, 7) is 5.74. The number of aryl methyl sites for hydroxylation is 3. The molecule has 0 aliphatic rings. The Hall–Kier alpha value is -3.32. The van der Waals surface area contributed by atoms with E-state index < -0.39 is 10.0 Å². The minimum absolute atomic E-state index is 0.0516. The first-order valence-electron chi connectivity index (χ1n) is 9.31. The van der Waals surface area contributed by atoms with Crippen molar-refractivity contribution in [3.63, 3.8) is 0 Å². The van der Waals surface area contributed by atoms with Crippen LogP contribution in [0.1, 0.15) is 22.3 Å². The molecule has 7 heteroatoms. The number of hydrogen-bond donors (Lipinski definition) is 2. The van der Waals surface area contributed by atoms with Crippen molar-refractivity contribution in [1.29, 1.82) is 0 Å². The zero-order valence-corrected chi connectivity index (χ0v) is 18.1. The van der Waals surface area contributed by atoms with Crippen molar-refractivity contribution in [2.24, 2.45) is 4.99 Å². The van der Waals surface area contributed by atoms with Crippen LogP contribution in [0.3, 0.4) is 0 Å². The molecule has 0 spiro atoms. The predicted octanol–water partition coefficient (Wildman–Crippen LogP) is 4.88. The van der Waals surface area contributed by atoms with Crippen molar-refractivity contribution < 1.29 is 18.3 Å². The van der Waals surface area contributed by atoms with Crippen LogP contribution in [0.5, 0.6) is 11.5 Å². The highest BCUT2D eigenvalue weighted by Gasteiger charge is 2.16. The summed E-state index contributed by atoms with van der Waals surface area (Å²) < 4.78 is 33.4. The monoisotopic (exact) mass is 424 g/mol. The molecule has 3 rings (SSSR count). The quantitative estimate of drug-likeness (QED) is 0.552. The maximum atomic E-state index is 12.8. The summed E-state index contributed by atoms with van der Waals surface area (Å²) in [6, 6.07) is 15.1. The van der Waals surface area contributed by atoms with E-state index in [1.165, 1.54) is 25.3 Å². The highest BCUT2D eigenvalue weighted by Crippen LogP contribution is 2.27. The molecule has 6 nitrogen and oxygen atoms in total. The normalized spacial score (nSPS) is 11.6. The summed E-state index contributed by atoms with van der Waals surface area (Å²) in [5.41, 5.74) is 4.78. The molecule has 0 aliphatic carbocycles. The zero-order chi connectivity index (χ0) is 21.9. The molecule has 0 atom stereocenters. The third-order valence-electron chi connectivity index (χ3n) is 4.63. The highest BCUT2D eigenvalue weighted by atomic mass is 32.2. The summed E-state index contributed by atoms with van der Waals surface area (Å²) >= 11 is 0. The maximum absolute atomic E-state index is 12.8. The van der Waals surface area contributed by atoms with Gasteiger partial charge >= 0.3 is 0 Å². The Morgan fingerprint density at radius 2 is 1.60 bits per heavy atom. The molecule has 3 aromatic rings. The van der Waals surface area contributed by atoms with Gasteiger partial charge in [-0.05, 0) is 79.9 Å². The Kier molecular flexibility index (Phi) is 6.12. The van der Waals surface area contributed by atoms with Crippen LogP contribution in [0.25, 0.3) is 0 Å². The molecular formula is C23H24N2O4S. The Balaban J connectivity index is 1.79. The van der Waals surface area contributed by atoms with Gasteiger partial charge in [0, 0.05) is 6.21 Å². The van der Waals surface area contributed by atoms with Gasteiger partial charge in [-0.2, -0.15) is 0 Å². The van der Waals surface area contributed by atoms with E-state index in [0.717, 1.165) is 22.3 Å². The number of phenolic OH excluding ortho intramolecular Hbond substituents is 1. The molecule has 0 bridgehead atoms. The van der Waals surface area contributed by atoms with Crippen molar-refractivity contribution >= 4 is 27.6 Å². The number of aromatic hydroxyl groups is 1. The molecule has 2 N–H and O–H groups in total. The molecular weight excluding hydrogens is 400 g/mol. The summed E-state index contributed by atoms with van der Waals surface area (Å²) in [5, 5.41) is 9.65. The average molecular weight is 425 g/mol. The van der Waals surface area contributed by atoms with Crippen LogP contribution in [-0.4, -0.2) is 26.8 Å². The van der Waals surface area contributed by atoms with Gasteiger partial charge in [0.05, 0.1) is 23.4 Å². The Morgan fingerprint density at radius 3 is 2.20 bits per heavy atom. The van der Waals surface area contributed by atoms with Gasteiger partial charge in [0.15, 0.2) is 11.5 Å². The van der Waals surface area contributed by atoms with Crippen LogP contribution in [-0.2, 0) is 10.0 Å². The number of anilines is 1. The minimum atomic E-state index is -3.72. The van der Waals surface area contributed by atoms with E-state index in [1.54, 1.807) is 30.5 Å². The summed E-state index contributed by atoms with van der Waals surface area (Å²) in [5.74, 6) is 0.406. The fraction of sp³-hybridized carbons (Fsp3) is 0.174. The lowest BCUT2D eigenvalue weighted by Gasteiger charge is -2.14. The van der Waals surface area contributed by atoms with Gasteiger partial charge in [-0.15, -0.1) is 0 Å². The molecule has 30 heavy (non-hydrogen) atoms. The number of benzene rings is 3. The molecule has 0 aliphatic heterocycles. The maximum Gasteiger partial charge on any atom is 0.261 e. The lowest BCUT2D eigenvalue weighted by Crippen LogP contribution is -2.14. The Bertz CT molecular complexity index is 1180. The van der Waals surface area contributed by atoms with E-state index >= 15 is 0 Å². The van der Waals surface area contributed by atoms with Gasteiger partial charge < -0.3 is 9.84 Å². The molecule has 0 unspecified atom stereocenters.